The molecule has 17 heavy (non-hydrogen) atoms. The molecule has 96 valence electrons. The summed E-state index contributed by atoms with van der Waals surface area (Å²) in [4.78, 5) is 22.1. The molecular weight excluding hydrogens is 246 g/mol. The number of hydrogen-bond donors (Lipinski definition) is 3. The van der Waals surface area contributed by atoms with Crippen LogP contribution >= 0.6 is 11.8 Å². The second kappa shape index (κ2) is 4.92. The molecule has 0 radical (unpaired) electrons. The number of carboxylic acid groups (broad SMARTS) is 1. The summed E-state index contributed by atoms with van der Waals surface area (Å²) >= 11 is 1.02. The molecule has 0 saturated heterocycles. The Labute approximate surface area is 102 Å². The highest BCUT2D eigenvalue weighted by Crippen LogP contribution is 2.21. The van der Waals surface area contributed by atoms with Crippen LogP contribution in [0, 0.1) is 0 Å². The molecule has 1 atom stereocenters. The van der Waals surface area contributed by atoms with Crippen molar-refractivity contribution in [2.24, 2.45) is 0 Å². The number of hydrogen-bond acceptors (Lipinski definition) is 5. The van der Waals surface area contributed by atoms with Crippen LogP contribution in [0.1, 0.15) is 26.8 Å². The van der Waals surface area contributed by atoms with Crippen molar-refractivity contribution in [2.45, 2.75) is 37.6 Å². The van der Waals surface area contributed by atoms with Crippen molar-refractivity contribution in [1.82, 2.24) is 14.8 Å². The second-order valence-electron chi connectivity index (χ2n) is 4.14. The predicted molar refractivity (Wildman–Crippen MR) is 62.2 cm³/mol. The summed E-state index contributed by atoms with van der Waals surface area (Å²) in [5.41, 5.74) is -2.20. The van der Waals surface area contributed by atoms with E-state index in [0.717, 1.165) is 11.8 Å². The zero-order chi connectivity index (χ0) is 13.2. The fraction of sp³-hybridized carbons (Fsp3) is 0.667. The van der Waals surface area contributed by atoms with E-state index in [0.29, 0.717) is 5.16 Å². The summed E-state index contributed by atoms with van der Waals surface area (Å²) in [7, 11) is 0. The van der Waals surface area contributed by atoms with E-state index in [2.05, 4.69) is 10.2 Å². The van der Waals surface area contributed by atoms with Crippen LogP contribution < -0.4 is 5.69 Å². The van der Waals surface area contributed by atoms with Crippen molar-refractivity contribution in [1.29, 1.82) is 0 Å². The van der Waals surface area contributed by atoms with Crippen LogP contribution in [0.3, 0.4) is 0 Å². The summed E-state index contributed by atoms with van der Waals surface area (Å²) in [5.74, 6) is -1.39. The van der Waals surface area contributed by atoms with Gasteiger partial charge in [-0.1, -0.05) is 11.8 Å². The molecule has 0 aliphatic heterocycles. The van der Waals surface area contributed by atoms with Crippen LogP contribution in [0.15, 0.2) is 9.95 Å². The molecule has 0 aliphatic rings. The number of carboxylic acids is 1. The van der Waals surface area contributed by atoms with Gasteiger partial charge in [0, 0.05) is 11.8 Å². The maximum Gasteiger partial charge on any atom is 0.344 e. The molecule has 1 heterocycles. The number of aromatic nitrogens is 3. The topological polar surface area (TPSA) is 108 Å². The summed E-state index contributed by atoms with van der Waals surface area (Å²) in [6.45, 7) is 4.83. The number of aliphatic carboxylic acids is 1. The monoisotopic (exact) mass is 261 g/mol. The third kappa shape index (κ3) is 3.10. The van der Waals surface area contributed by atoms with Crippen LogP contribution in [0.5, 0.6) is 0 Å². The molecule has 1 unspecified atom stereocenters. The quantitative estimate of drug-likeness (QED) is 0.648. The van der Waals surface area contributed by atoms with Gasteiger partial charge >= 0.3 is 11.7 Å². The smallest absolute Gasteiger partial charge is 0.344 e. The molecule has 1 rings (SSSR count). The van der Waals surface area contributed by atoms with Crippen LogP contribution in [-0.4, -0.2) is 42.3 Å². The van der Waals surface area contributed by atoms with Crippen molar-refractivity contribution >= 4 is 17.7 Å². The molecule has 1 aromatic rings. The highest BCUT2D eigenvalue weighted by molar-refractivity contribution is 7.99. The lowest BCUT2D eigenvalue weighted by molar-refractivity contribution is -0.154. The number of aromatic amines is 1. The Kier molecular flexibility index (Phi) is 3.99. The third-order valence-corrected chi connectivity index (χ3v) is 3.38. The lowest BCUT2D eigenvalue weighted by atomic mass is 10.1. The van der Waals surface area contributed by atoms with E-state index in [4.69, 9.17) is 5.11 Å². The minimum atomic E-state index is -1.85. The molecule has 0 saturated carbocycles. The number of nitrogens with zero attached hydrogens (tertiary/aromatic N) is 2. The van der Waals surface area contributed by atoms with Gasteiger partial charge in [0.05, 0.1) is 0 Å². The van der Waals surface area contributed by atoms with E-state index in [1.54, 1.807) is 0 Å². The van der Waals surface area contributed by atoms with Crippen molar-refractivity contribution in [2.75, 3.05) is 5.75 Å². The maximum absolute atomic E-state index is 11.4. The fourth-order valence-electron chi connectivity index (χ4n) is 1.11. The first-order chi connectivity index (χ1) is 7.75. The minimum absolute atomic E-state index is 0.0840. The van der Waals surface area contributed by atoms with Crippen molar-refractivity contribution in [3.05, 3.63) is 10.5 Å². The van der Waals surface area contributed by atoms with Crippen LogP contribution in [0.25, 0.3) is 0 Å². The maximum atomic E-state index is 11.4. The van der Waals surface area contributed by atoms with Gasteiger partial charge in [-0.15, -0.1) is 5.10 Å². The summed E-state index contributed by atoms with van der Waals surface area (Å²) in [6, 6.07) is -0.0847. The Bertz CT molecular complexity index is 463. The van der Waals surface area contributed by atoms with Gasteiger partial charge in [-0.3, -0.25) is 4.57 Å². The summed E-state index contributed by atoms with van der Waals surface area (Å²) in [6.07, 6.45) is 0. The largest absolute Gasteiger partial charge is 0.479 e. The fourth-order valence-corrected chi connectivity index (χ4v) is 2.19. The normalized spacial score (nSPS) is 14.9. The zero-order valence-corrected chi connectivity index (χ0v) is 10.6. The standard InChI is InChI=1S/C9H15N3O4S/c1-5(2)12-7(15)10-11-8(12)17-4-9(3,16)6(13)14/h5,16H,4H2,1-3H3,(H,10,15)(H,13,14). The van der Waals surface area contributed by atoms with Gasteiger partial charge in [0.1, 0.15) is 0 Å². The van der Waals surface area contributed by atoms with E-state index in [-0.39, 0.29) is 17.5 Å². The number of rotatable bonds is 5. The van der Waals surface area contributed by atoms with Crippen LogP contribution in [-0.2, 0) is 4.79 Å². The highest BCUT2D eigenvalue weighted by Gasteiger charge is 2.31. The van der Waals surface area contributed by atoms with Gasteiger partial charge in [-0.05, 0) is 20.8 Å². The molecule has 1 aromatic heterocycles. The van der Waals surface area contributed by atoms with Crippen molar-refractivity contribution in [3.8, 4) is 0 Å². The predicted octanol–water partition coefficient (Wildman–Crippen LogP) is 0.0800. The van der Waals surface area contributed by atoms with Crippen LogP contribution in [0.2, 0.25) is 0 Å². The van der Waals surface area contributed by atoms with Crippen molar-refractivity contribution < 1.29 is 15.0 Å². The molecule has 0 aromatic carbocycles. The molecule has 8 heteroatoms. The number of thioether (sulfide) groups is 1. The minimum Gasteiger partial charge on any atom is -0.479 e. The van der Waals surface area contributed by atoms with E-state index < -0.39 is 11.6 Å². The number of H-pyrrole nitrogens is 1. The highest BCUT2D eigenvalue weighted by atomic mass is 32.2. The molecule has 0 fully saturated rings. The molecule has 0 bridgehead atoms. The molecular formula is C9H15N3O4S. The molecule has 0 amide bonds. The van der Waals surface area contributed by atoms with Gasteiger partial charge in [0.25, 0.3) is 0 Å². The summed E-state index contributed by atoms with van der Waals surface area (Å²) < 4.78 is 1.41. The lowest BCUT2D eigenvalue weighted by Gasteiger charge is -2.17. The Morgan fingerprint density at radius 3 is 2.71 bits per heavy atom. The summed E-state index contributed by atoms with van der Waals surface area (Å²) in [5, 5.41) is 24.7. The van der Waals surface area contributed by atoms with Gasteiger partial charge < -0.3 is 10.2 Å². The van der Waals surface area contributed by atoms with Crippen molar-refractivity contribution in [3.63, 3.8) is 0 Å². The first kappa shape index (κ1) is 13.8. The van der Waals surface area contributed by atoms with E-state index in [1.807, 2.05) is 13.8 Å². The molecule has 0 spiro atoms. The van der Waals surface area contributed by atoms with E-state index >= 15 is 0 Å². The number of nitrogens with one attached hydrogen (secondary N) is 1. The molecule has 3 N–H and O–H groups in total. The average Bonchev–Trinajstić information content (AvgIpc) is 2.56. The lowest BCUT2D eigenvalue weighted by Crippen LogP contribution is -2.37. The Morgan fingerprint density at radius 1 is 1.65 bits per heavy atom. The van der Waals surface area contributed by atoms with E-state index in [1.165, 1.54) is 11.5 Å². The third-order valence-electron chi connectivity index (χ3n) is 2.13. The Morgan fingerprint density at radius 2 is 2.24 bits per heavy atom. The van der Waals surface area contributed by atoms with Crippen LogP contribution in [0.4, 0.5) is 0 Å². The second-order valence-corrected chi connectivity index (χ2v) is 5.09. The SMILES string of the molecule is CC(C)n1c(SCC(C)(O)C(=O)O)n[nH]c1=O. The van der Waals surface area contributed by atoms with Gasteiger partial charge in [-0.2, -0.15) is 0 Å². The van der Waals surface area contributed by atoms with E-state index in [9.17, 15) is 14.7 Å². The zero-order valence-electron chi connectivity index (χ0n) is 9.80. The Balaban J connectivity index is 2.84. The first-order valence-corrected chi connectivity index (χ1v) is 5.99. The Hall–Kier alpha value is -1.28. The molecule has 7 nitrogen and oxygen atoms in total. The number of aliphatic hydroxyl groups is 1. The average molecular weight is 261 g/mol. The van der Waals surface area contributed by atoms with Gasteiger partial charge in [-0.25, -0.2) is 14.7 Å². The van der Waals surface area contributed by atoms with Gasteiger partial charge in [0.2, 0.25) is 0 Å². The molecule has 0 aliphatic carbocycles. The number of carbonyl (C=O) groups is 1. The first-order valence-electron chi connectivity index (χ1n) is 5.01. The van der Waals surface area contributed by atoms with Gasteiger partial charge in [0.15, 0.2) is 10.8 Å².